The van der Waals surface area contributed by atoms with Gasteiger partial charge in [0.1, 0.15) is 0 Å². The Hall–Kier alpha value is -1.36. The van der Waals surface area contributed by atoms with Crippen LogP contribution >= 0.6 is 22.9 Å². The Morgan fingerprint density at radius 2 is 2.19 bits per heavy atom. The molecule has 0 saturated carbocycles. The summed E-state index contributed by atoms with van der Waals surface area (Å²) in [7, 11) is 0. The Morgan fingerprint density at radius 3 is 2.95 bits per heavy atom. The number of thiazole rings is 1. The maximum atomic E-state index is 6.06. The van der Waals surface area contributed by atoms with E-state index < -0.39 is 0 Å². The first-order chi connectivity index (χ1) is 10.1. The van der Waals surface area contributed by atoms with Gasteiger partial charge in [0, 0.05) is 28.7 Å². The molecule has 3 rings (SSSR count). The number of benzene rings is 1. The van der Waals surface area contributed by atoms with Gasteiger partial charge in [-0.05, 0) is 38.5 Å². The molecule has 2 heterocycles. The van der Waals surface area contributed by atoms with Crippen molar-refractivity contribution >= 4 is 27.9 Å². The van der Waals surface area contributed by atoms with Gasteiger partial charge in [-0.2, -0.15) is 0 Å². The SMILES string of the molecule is Cc1nc2scc(C)n2c1CNC(C)c1cccc(Cl)c1. The smallest absolute Gasteiger partial charge is 0.194 e. The van der Waals surface area contributed by atoms with Gasteiger partial charge >= 0.3 is 0 Å². The van der Waals surface area contributed by atoms with Crippen LogP contribution in [0.15, 0.2) is 29.6 Å². The van der Waals surface area contributed by atoms with Crippen molar-refractivity contribution in [1.29, 1.82) is 0 Å². The minimum absolute atomic E-state index is 0.243. The standard InChI is InChI=1S/C16H18ClN3S/c1-10-9-21-16-19-12(3)15(20(10)16)8-18-11(2)13-5-4-6-14(17)7-13/h4-7,9,11,18H,8H2,1-3H3. The van der Waals surface area contributed by atoms with Crippen LogP contribution in [0.4, 0.5) is 0 Å². The van der Waals surface area contributed by atoms with Gasteiger partial charge in [0.05, 0.1) is 11.4 Å². The molecule has 1 atom stereocenters. The zero-order valence-electron chi connectivity index (χ0n) is 12.4. The van der Waals surface area contributed by atoms with E-state index in [-0.39, 0.29) is 6.04 Å². The Kier molecular flexibility index (Phi) is 4.02. The van der Waals surface area contributed by atoms with E-state index >= 15 is 0 Å². The van der Waals surface area contributed by atoms with E-state index in [1.807, 2.05) is 18.2 Å². The number of nitrogens with one attached hydrogen (secondary N) is 1. The summed E-state index contributed by atoms with van der Waals surface area (Å²) in [5.41, 5.74) is 4.76. The van der Waals surface area contributed by atoms with Gasteiger partial charge in [0.25, 0.3) is 0 Å². The number of imidazole rings is 1. The Morgan fingerprint density at radius 1 is 1.38 bits per heavy atom. The van der Waals surface area contributed by atoms with Crippen LogP contribution in [-0.4, -0.2) is 9.38 Å². The molecule has 0 fully saturated rings. The molecule has 5 heteroatoms. The van der Waals surface area contributed by atoms with Crippen LogP contribution < -0.4 is 5.32 Å². The molecular formula is C16H18ClN3S. The number of nitrogens with zero attached hydrogens (tertiary/aromatic N) is 2. The second kappa shape index (κ2) is 5.79. The first-order valence-corrected chi connectivity index (χ1v) is 8.23. The quantitative estimate of drug-likeness (QED) is 0.766. The summed E-state index contributed by atoms with van der Waals surface area (Å²) in [6.45, 7) is 7.13. The predicted octanol–water partition coefficient (Wildman–Crippen LogP) is 4.52. The maximum absolute atomic E-state index is 6.06. The molecule has 0 bridgehead atoms. The van der Waals surface area contributed by atoms with E-state index in [0.717, 1.165) is 22.2 Å². The zero-order chi connectivity index (χ0) is 15.0. The second-order valence-corrected chi connectivity index (χ2v) is 6.57. The third-order valence-corrected chi connectivity index (χ3v) is 4.93. The Labute approximate surface area is 133 Å². The van der Waals surface area contributed by atoms with Gasteiger partial charge in [-0.1, -0.05) is 23.7 Å². The Balaban J connectivity index is 1.80. The van der Waals surface area contributed by atoms with Crippen molar-refractivity contribution in [3.63, 3.8) is 0 Å². The van der Waals surface area contributed by atoms with Crippen molar-refractivity contribution in [3.8, 4) is 0 Å². The lowest BCUT2D eigenvalue weighted by Crippen LogP contribution is -2.19. The molecule has 110 valence electrons. The molecular weight excluding hydrogens is 302 g/mol. The van der Waals surface area contributed by atoms with Crippen LogP contribution in [-0.2, 0) is 6.54 Å². The van der Waals surface area contributed by atoms with Crippen molar-refractivity contribution in [1.82, 2.24) is 14.7 Å². The highest BCUT2D eigenvalue weighted by Crippen LogP contribution is 2.22. The molecule has 0 radical (unpaired) electrons. The van der Waals surface area contributed by atoms with Gasteiger partial charge in [-0.3, -0.25) is 4.40 Å². The maximum Gasteiger partial charge on any atom is 0.194 e. The fourth-order valence-corrected chi connectivity index (χ4v) is 3.65. The van der Waals surface area contributed by atoms with Crippen molar-refractivity contribution < 1.29 is 0 Å². The van der Waals surface area contributed by atoms with Crippen LogP contribution in [0.25, 0.3) is 4.96 Å². The summed E-state index contributed by atoms with van der Waals surface area (Å²) in [4.78, 5) is 5.69. The number of halogens is 1. The molecule has 0 aliphatic rings. The number of hydrogen-bond acceptors (Lipinski definition) is 3. The minimum atomic E-state index is 0.243. The number of rotatable bonds is 4. The molecule has 0 saturated heterocycles. The van der Waals surface area contributed by atoms with E-state index in [4.69, 9.17) is 11.6 Å². The molecule has 0 amide bonds. The fraction of sp³-hybridized carbons (Fsp3) is 0.312. The third-order valence-electron chi connectivity index (χ3n) is 3.75. The van der Waals surface area contributed by atoms with E-state index in [1.54, 1.807) is 11.3 Å². The monoisotopic (exact) mass is 319 g/mol. The van der Waals surface area contributed by atoms with Crippen LogP contribution in [0.1, 0.15) is 35.6 Å². The van der Waals surface area contributed by atoms with Gasteiger partial charge in [0.2, 0.25) is 0 Å². The highest BCUT2D eigenvalue weighted by Gasteiger charge is 2.13. The van der Waals surface area contributed by atoms with E-state index in [1.165, 1.54) is 17.0 Å². The molecule has 21 heavy (non-hydrogen) atoms. The number of hydrogen-bond donors (Lipinski definition) is 1. The second-order valence-electron chi connectivity index (χ2n) is 5.30. The third kappa shape index (κ3) is 2.84. The van der Waals surface area contributed by atoms with Crippen LogP contribution in [0.3, 0.4) is 0 Å². The normalized spacial score (nSPS) is 13.0. The molecule has 3 nitrogen and oxygen atoms in total. The first kappa shape index (κ1) is 14.6. The molecule has 1 aromatic carbocycles. The molecule has 1 N–H and O–H groups in total. The van der Waals surface area contributed by atoms with Crippen molar-refractivity contribution in [2.24, 2.45) is 0 Å². The predicted molar refractivity (Wildman–Crippen MR) is 89.2 cm³/mol. The molecule has 3 aromatic rings. The van der Waals surface area contributed by atoms with E-state index in [0.29, 0.717) is 0 Å². The summed E-state index contributed by atoms with van der Waals surface area (Å²) in [5, 5.41) is 6.48. The fourth-order valence-electron chi connectivity index (χ4n) is 2.52. The van der Waals surface area contributed by atoms with E-state index in [9.17, 15) is 0 Å². The largest absolute Gasteiger partial charge is 0.305 e. The summed E-state index contributed by atoms with van der Waals surface area (Å²) in [6.07, 6.45) is 0. The average Bonchev–Trinajstić information content (AvgIpc) is 2.96. The zero-order valence-corrected chi connectivity index (χ0v) is 13.9. The van der Waals surface area contributed by atoms with Gasteiger partial charge < -0.3 is 5.32 Å². The molecule has 1 unspecified atom stereocenters. The van der Waals surface area contributed by atoms with Crippen LogP contribution in [0.2, 0.25) is 5.02 Å². The molecule has 0 aliphatic carbocycles. The summed E-state index contributed by atoms with van der Waals surface area (Å²) < 4.78 is 2.23. The lowest BCUT2D eigenvalue weighted by molar-refractivity contribution is 0.564. The number of fused-ring (bicyclic) bond motifs is 1. The number of aryl methyl sites for hydroxylation is 2. The minimum Gasteiger partial charge on any atom is -0.305 e. The molecule has 0 spiro atoms. The van der Waals surface area contributed by atoms with E-state index in [2.05, 4.69) is 46.9 Å². The summed E-state index contributed by atoms with van der Waals surface area (Å²) in [6, 6.07) is 8.23. The lowest BCUT2D eigenvalue weighted by atomic mass is 10.1. The van der Waals surface area contributed by atoms with Gasteiger partial charge in [-0.15, -0.1) is 11.3 Å². The number of aromatic nitrogens is 2. The summed E-state index contributed by atoms with van der Waals surface area (Å²) in [5.74, 6) is 0. The van der Waals surface area contributed by atoms with Crippen molar-refractivity contribution in [2.45, 2.75) is 33.4 Å². The summed E-state index contributed by atoms with van der Waals surface area (Å²) >= 11 is 7.75. The molecule has 0 aliphatic heterocycles. The highest BCUT2D eigenvalue weighted by molar-refractivity contribution is 7.15. The topological polar surface area (TPSA) is 29.3 Å². The van der Waals surface area contributed by atoms with Crippen molar-refractivity contribution in [2.75, 3.05) is 0 Å². The van der Waals surface area contributed by atoms with Gasteiger partial charge in [0.15, 0.2) is 4.96 Å². The van der Waals surface area contributed by atoms with Crippen LogP contribution in [0.5, 0.6) is 0 Å². The highest BCUT2D eigenvalue weighted by atomic mass is 35.5. The lowest BCUT2D eigenvalue weighted by Gasteiger charge is -2.15. The molecule has 2 aromatic heterocycles. The first-order valence-electron chi connectivity index (χ1n) is 6.97. The van der Waals surface area contributed by atoms with Gasteiger partial charge in [-0.25, -0.2) is 4.98 Å². The van der Waals surface area contributed by atoms with Crippen LogP contribution in [0, 0.1) is 13.8 Å². The average molecular weight is 320 g/mol. The van der Waals surface area contributed by atoms with Crippen molar-refractivity contribution in [3.05, 3.63) is 57.3 Å². The Bertz CT molecular complexity index is 775.